The second kappa shape index (κ2) is 5.38. The van der Waals surface area contributed by atoms with Crippen LogP contribution in [0.5, 0.6) is 0 Å². The number of rotatable bonds is 2. The van der Waals surface area contributed by atoms with Crippen LogP contribution in [0.2, 0.25) is 0 Å². The highest BCUT2D eigenvalue weighted by Crippen LogP contribution is 2.50. The molecular formula is C17H23NO3. The zero-order valence-electron chi connectivity index (χ0n) is 12.7. The predicted octanol–water partition coefficient (Wildman–Crippen LogP) is 2.00. The molecule has 0 aromatic heterocycles. The number of allylic oxidation sites excluding steroid dienone is 2. The molecule has 114 valence electrons. The van der Waals surface area contributed by atoms with Gasteiger partial charge < -0.3 is 14.8 Å². The molecule has 0 spiro atoms. The van der Waals surface area contributed by atoms with Crippen LogP contribution in [0.3, 0.4) is 0 Å². The first-order chi connectivity index (χ1) is 10.0. The summed E-state index contributed by atoms with van der Waals surface area (Å²) in [6.45, 7) is 4.78. The lowest BCUT2D eigenvalue weighted by molar-refractivity contribution is -0.144. The molecule has 3 rings (SSSR count). The number of ether oxygens (including phenoxy) is 2. The van der Waals surface area contributed by atoms with E-state index in [1.807, 2.05) is 0 Å². The molecule has 2 heterocycles. The summed E-state index contributed by atoms with van der Waals surface area (Å²) in [4.78, 5) is 12.2. The van der Waals surface area contributed by atoms with Gasteiger partial charge in [-0.25, -0.2) is 0 Å². The molecule has 0 amide bonds. The van der Waals surface area contributed by atoms with Gasteiger partial charge in [0.15, 0.2) is 0 Å². The molecule has 0 aromatic carbocycles. The highest BCUT2D eigenvalue weighted by molar-refractivity contribution is 5.76. The summed E-state index contributed by atoms with van der Waals surface area (Å²) in [7, 11) is 0. The van der Waals surface area contributed by atoms with Crippen molar-refractivity contribution < 1.29 is 14.3 Å². The zero-order valence-corrected chi connectivity index (χ0v) is 12.7. The van der Waals surface area contributed by atoms with Gasteiger partial charge in [0.05, 0.1) is 11.5 Å². The van der Waals surface area contributed by atoms with Crippen LogP contribution in [0.4, 0.5) is 0 Å². The first kappa shape index (κ1) is 14.5. The molecule has 21 heavy (non-hydrogen) atoms. The third-order valence-corrected chi connectivity index (χ3v) is 5.16. The Kier molecular flexibility index (Phi) is 3.71. The van der Waals surface area contributed by atoms with Gasteiger partial charge >= 0.3 is 5.97 Å². The number of fused-ring (bicyclic) bond motifs is 3. The van der Waals surface area contributed by atoms with E-state index in [0.29, 0.717) is 6.54 Å². The molecule has 0 unspecified atom stereocenters. The largest absolute Gasteiger partial charge is 0.459 e. The van der Waals surface area contributed by atoms with E-state index >= 15 is 0 Å². The first-order valence-corrected chi connectivity index (χ1v) is 7.77. The third kappa shape index (κ3) is 2.67. The Morgan fingerprint density at radius 1 is 1.57 bits per heavy atom. The average molecular weight is 289 g/mol. The molecule has 4 nitrogen and oxygen atoms in total. The fraction of sp³-hybridized carbons (Fsp3) is 0.706. The Balaban J connectivity index is 1.82. The van der Waals surface area contributed by atoms with Crippen LogP contribution in [-0.2, 0) is 14.3 Å². The normalized spacial score (nSPS) is 44.4. The summed E-state index contributed by atoms with van der Waals surface area (Å²) in [5.41, 5.74) is 1.26. The summed E-state index contributed by atoms with van der Waals surface area (Å²) >= 11 is 0. The van der Waals surface area contributed by atoms with Crippen LogP contribution < -0.4 is 5.32 Å². The van der Waals surface area contributed by atoms with Crippen LogP contribution >= 0.6 is 0 Å². The summed E-state index contributed by atoms with van der Waals surface area (Å²) in [5, 5.41) is 2.84. The highest BCUT2D eigenvalue weighted by atomic mass is 16.6. The topological polar surface area (TPSA) is 50.9 Å². The molecular weight excluding hydrogens is 266 g/mol. The number of nitrogens with one attached hydrogen (secondary N) is 1. The van der Waals surface area contributed by atoms with Crippen LogP contribution in [-0.4, -0.2) is 30.3 Å². The van der Waals surface area contributed by atoms with Gasteiger partial charge in [0, 0.05) is 18.5 Å². The predicted molar refractivity (Wildman–Crippen MR) is 79.2 cm³/mol. The maximum absolute atomic E-state index is 12.2. The van der Waals surface area contributed by atoms with Crippen molar-refractivity contribution in [3.63, 3.8) is 0 Å². The lowest BCUT2D eigenvalue weighted by Crippen LogP contribution is -2.33. The zero-order chi connectivity index (χ0) is 15.0. The number of hydrogen-bond donors (Lipinski definition) is 1. The van der Waals surface area contributed by atoms with Crippen molar-refractivity contribution in [3.8, 4) is 12.5 Å². The number of epoxide rings is 1. The molecule has 2 fully saturated rings. The maximum Gasteiger partial charge on any atom is 0.311 e. The molecule has 4 heteroatoms. The smallest absolute Gasteiger partial charge is 0.311 e. The van der Waals surface area contributed by atoms with Crippen LogP contribution in [0.25, 0.3) is 0 Å². The van der Waals surface area contributed by atoms with E-state index in [2.05, 4.69) is 31.3 Å². The Morgan fingerprint density at radius 2 is 2.38 bits per heavy atom. The lowest BCUT2D eigenvalue weighted by atomic mass is 9.80. The van der Waals surface area contributed by atoms with E-state index in [4.69, 9.17) is 15.9 Å². The Hall–Kier alpha value is -1.47. The van der Waals surface area contributed by atoms with Gasteiger partial charge in [-0.15, -0.1) is 0 Å². The molecule has 5 atom stereocenters. The van der Waals surface area contributed by atoms with Crippen LogP contribution in [0.15, 0.2) is 11.6 Å². The van der Waals surface area contributed by atoms with Crippen LogP contribution in [0.1, 0.15) is 39.5 Å². The van der Waals surface area contributed by atoms with Crippen LogP contribution in [0, 0.1) is 24.3 Å². The van der Waals surface area contributed by atoms with E-state index in [0.717, 1.165) is 25.7 Å². The molecule has 3 aliphatic rings. The minimum absolute atomic E-state index is 0.0501. The average Bonchev–Trinajstić information content (AvgIpc) is 3.00. The van der Waals surface area contributed by atoms with Gasteiger partial charge in [-0.3, -0.25) is 4.79 Å². The summed E-state index contributed by atoms with van der Waals surface area (Å²) in [6, 6.07) is 2.40. The Labute approximate surface area is 126 Å². The molecule has 0 radical (unpaired) electrons. The minimum Gasteiger partial charge on any atom is -0.459 e. The molecule has 0 saturated carbocycles. The van der Waals surface area contributed by atoms with E-state index in [1.54, 1.807) is 0 Å². The number of carbonyl (C=O) groups is 1. The number of carbonyl (C=O) groups excluding carboxylic acids is 1. The molecule has 0 bridgehead atoms. The quantitative estimate of drug-likeness (QED) is 0.278. The van der Waals surface area contributed by atoms with Crippen molar-refractivity contribution in [3.05, 3.63) is 11.6 Å². The monoisotopic (exact) mass is 289 g/mol. The SMILES string of the molecule is C#CNC[C@@H]1C(=O)O[C@H]2[C@H]1CC/C(C)=C/CC[C@@]1(C)O[C@@H]21. The van der Waals surface area contributed by atoms with Crippen molar-refractivity contribution in [1.82, 2.24) is 5.32 Å². The number of terminal acetylenes is 1. The first-order valence-electron chi connectivity index (χ1n) is 7.77. The Morgan fingerprint density at radius 3 is 3.14 bits per heavy atom. The lowest BCUT2D eigenvalue weighted by Gasteiger charge is -2.21. The molecule has 2 saturated heterocycles. The van der Waals surface area contributed by atoms with E-state index < -0.39 is 0 Å². The molecule has 1 N–H and O–H groups in total. The number of esters is 1. The third-order valence-electron chi connectivity index (χ3n) is 5.16. The second-order valence-corrected chi connectivity index (χ2v) is 6.68. The van der Waals surface area contributed by atoms with Gasteiger partial charge in [0.2, 0.25) is 0 Å². The fourth-order valence-electron chi connectivity index (χ4n) is 3.74. The van der Waals surface area contributed by atoms with Crippen molar-refractivity contribution >= 4 is 5.97 Å². The molecule has 0 aromatic rings. The van der Waals surface area contributed by atoms with Gasteiger partial charge in [0.1, 0.15) is 12.2 Å². The van der Waals surface area contributed by atoms with Gasteiger partial charge in [-0.05, 0) is 39.5 Å². The molecule has 2 aliphatic heterocycles. The van der Waals surface area contributed by atoms with E-state index in [1.165, 1.54) is 5.57 Å². The van der Waals surface area contributed by atoms with Crippen molar-refractivity contribution in [1.29, 1.82) is 0 Å². The van der Waals surface area contributed by atoms with E-state index in [-0.39, 0.29) is 35.6 Å². The fourth-order valence-corrected chi connectivity index (χ4v) is 3.74. The summed E-state index contributed by atoms with van der Waals surface area (Å²) < 4.78 is 11.6. The van der Waals surface area contributed by atoms with Gasteiger partial charge in [0.25, 0.3) is 0 Å². The van der Waals surface area contributed by atoms with Crippen molar-refractivity contribution in [2.45, 2.75) is 57.3 Å². The summed E-state index contributed by atoms with van der Waals surface area (Å²) in [6.07, 6.45) is 11.5. The maximum atomic E-state index is 12.2. The Bertz CT molecular complexity index is 507. The van der Waals surface area contributed by atoms with Crippen molar-refractivity contribution in [2.75, 3.05) is 6.54 Å². The standard InChI is InChI=1S/C17H23NO3/c1-4-18-10-13-12-8-7-11(2)6-5-9-17(3)15(21-17)14(12)20-16(13)19/h1,6,12-15,18H,5,7-10H2,2-3H3/b11-6+/t12-,13-,14-,15-,17+/m0/s1. The number of hydrogen-bond acceptors (Lipinski definition) is 4. The molecule has 1 aliphatic carbocycles. The minimum atomic E-state index is -0.160. The van der Waals surface area contributed by atoms with E-state index in [9.17, 15) is 4.79 Å². The highest BCUT2D eigenvalue weighted by Gasteiger charge is 2.62. The van der Waals surface area contributed by atoms with Crippen molar-refractivity contribution in [2.24, 2.45) is 11.8 Å². The van der Waals surface area contributed by atoms with Gasteiger partial charge in [-0.2, -0.15) is 0 Å². The summed E-state index contributed by atoms with van der Waals surface area (Å²) in [5.74, 6) is -0.107. The second-order valence-electron chi connectivity index (χ2n) is 6.68. The van der Waals surface area contributed by atoms with Gasteiger partial charge in [-0.1, -0.05) is 18.1 Å².